The smallest absolute Gasteiger partial charge is 0.196 e. The van der Waals surface area contributed by atoms with E-state index < -0.39 is 0 Å². The van der Waals surface area contributed by atoms with Crippen molar-refractivity contribution in [1.82, 2.24) is 9.13 Å². The highest BCUT2D eigenvalue weighted by Crippen LogP contribution is 2.41. The third-order valence-corrected chi connectivity index (χ3v) is 11.5. The first-order valence-corrected chi connectivity index (χ1v) is 19.5. The Hall–Kier alpha value is -9.70. The zero-order valence-corrected chi connectivity index (χ0v) is 32.6. The number of fused-ring (bicyclic) bond motifs is 6. The zero-order chi connectivity index (χ0) is 42.5. The van der Waals surface area contributed by atoms with E-state index in [4.69, 9.17) is 13.1 Å². The molecule has 0 unspecified atom stereocenters. The Morgan fingerprint density at radius 1 is 0.387 bits per heavy atom. The van der Waals surface area contributed by atoms with Gasteiger partial charge >= 0.3 is 0 Å². The summed E-state index contributed by atoms with van der Waals surface area (Å²) in [5.41, 5.74) is 12.0. The minimum absolute atomic E-state index is 0.379. The van der Waals surface area contributed by atoms with Crippen LogP contribution in [0.2, 0.25) is 0 Å². The van der Waals surface area contributed by atoms with Gasteiger partial charge in [0.2, 0.25) is 0 Å². The van der Waals surface area contributed by atoms with E-state index in [1.54, 1.807) is 36.4 Å². The summed E-state index contributed by atoms with van der Waals surface area (Å²) in [5, 5.41) is 44.7. The van der Waals surface area contributed by atoms with Crippen molar-refractivity contribution in [3.8, 4) is 69.0 Å². The topological polar surface area (TPSA) is 114 Å². The fraction of sp³-hybridized carbons (Fsp3) is 0. The molecule has 0 aliphatic heterocycles. The lowest BCUT2D eigenvalue weighted by molar-refractivity contribution is 1.16. The number of benzene rings is 8. The Bertz CT molecular complexity index is 3590. The van der Waals surface area contributed by atoms with Crippen LogP contribution in [0.3, 0.4) is 0 Å². The molecule has 62 heavy (non-hydrogen) atoms. The van der Waals surface area contributed by atoms with Crippen molar-refractivity contribution in [1.29, 1.82) is 21.0 Å². The highest BCUT2D eigenvalue weighted by atomic mass is 15.0. The van der Waals surface area contributed by atoms with E-state index >= 15 is 0 Å². The van der Waals surface area contributed by atoms with Crippen molar-refractivity contribution in [3.05, 3.63) is 203 Å². The van der Waals surface area contributed by atoms with Gasteiger partial charge in [0, 0.05) is 32.7 Å². The monoisotopic (exact) mass is 786 g/mol. The Labute approximate surface area is 355 Å². The molecule has 0 atom stereocenters. The number of hydrogen-bond donors (Lipinski definition) is 0. The van der Waals surface area contributed by atoms with E-state index in [0.29, 0.717) is 56.1 Å². The molecule has 0 spiro atoms. The largest absolute Gasteiger partial charge is 0.308 e. The summed E-state index contributed by atoms with van der Waals surface area (Å²) >= 11 is 0. The first kappa shape index (κ1) is 36.6. The lowest BCUT2D eigenvalue weighted by atomic mass is 9.98. The van der Waals surface area contributed by atoms with Gasteiger partial charge in [0.15, 0.2) is 11.4 Å². The molecule has 10 rings (SSSR count). The maximum atomic E-state index is 10.6. The second-order valence-corrected chi connectivity index (χ2v) is 14.8. The Morgan fingerprint density at radius 3 is 1.40 bits per heavy atom. The summed E-state index contributed by atoms with van der Waals surface area (Å²) in [7, 11) is 0. The summed E-state index contributed by atoms with van der Waals surface area (Å²) in [5.74, 6) is 0. The summed E-state index contributed by atoms with van der Waals surface area (Å²) in [6.45, 7) is 15.3. The lowest BCUT2D eigenvalue weighted by Crippen LogP contribution is -2.00. The van der Waals surface area contributed by atoms with Gasteiger partial charge in [0.25, 0.3) is 0 Å². The van der Waals surface area contributed by atoms with Crippen molar-refractivity contribution in [2.45, 2.75) is 0 Å². The highest BCUT2D eigenvalue weighted by Gasteiger charge is 2.20. The maximum Gasteiger partial charge on any atom is 0.196 e. The Balaban J connectivity index is 1.18. The van der Waals surface area contributed by atoms with E-state index in [1.165, 1.54) is 0 Å². The van der Waals surface area contributed by atoms with Crippen LogP contribution < -0.4 is 0 Å². The summed E-state index contributed by atoms with van der Waals surface area (Å²) in [6, 6.07) is 59.2. The van der Waals surface area contributed by atoms with E-state index in [9.17, 15) is 21.0 Å². The van der Waals surface area contributed by atoms with Gasteiger partial charge in [0.05, 0.1) is 69.9 Å². The average Bonchev–Trinajstić information content (AvgIpc) is 3.85. The molecule has 0 bridgehead atoms. The molecule has 2 heterocycles. The normalized spacial score (nSPS) is 10.8. The van der Waals surface area contributed by atoms with Crippen molar-refractivity contribution in [3.63, 3.8) is 0 Å². The minimum atomic E-state index is 0.379. The van der Waals surface area contributed by atoms with Crippen LogP contribution >= 0.6 is 0 Å². The number of aromatic nitrogens is 2. The molecule has 2 aromatic heterocycles. The molecule has 0 aliphatic carbocycles. The van der Waals surface area contributed by atoms with E-state index in [-0.39, 0.29) is 0 Å². The van der Waals surface area contributed by atoms with Crippen molar-refractivity contribution in [2.75, 3.05) is 0 Å². The third-order valence-electron chi connectivity index (χ3n) is 11.5. The molecule has 282 valence electrons. The molecule has 0 N–H and O–H groups in total. The van der Waals surface area contributed by atoms with Gasteiger partial charge < -0.3 is 9.13 Å². The van der Waals surface area contributed by atoms with Gasteiger partial charge in [-0.25, -0.2) is 9.69 Å². The second-order valence-electron chi connectivity index (χ2n) is 14.8. The van der Waals surface area contributed by atoms with E-state index in [1.807, 2.05) is 109 Å². The van der Waals surface area contributed by atoms with Crippen molar-refractivity contribution >= 4 is 55.0 Å². The first-order chi connectivity index (χ1) is 30.5. The Kier molecular flexibility index (Phi) is 8.62. The van der Waals surface area contributed by atoms with Crippen molar-refractivity contribution < 1.29 is 0 Å². The lowest BCUT2D eigenvalue weighted by Gasteiger charge is -2.15. The molecule has 0 fully saturated rings. The summed E-state index contributed by atoms with van der Waals surface area (Å²) in [4.78, 5) is 7.25. The zero-order valence-electron chi connectivity index (χ0n) is 32.6. The average molecular weight is 787 g/mol. The maximum absolute atomic E-state index is 10.6. The van der Waals surface area contributed by atoms with Gasteiger partial charge in [-0.05, 0) is 100 Å². The molecule has 0 saturated carbocycles. The van der Waals surface area contributed by atoms with Crippen molar-refractivity contribution in [2.24, 2.45) is 0 Å². The molecule has 0 radical (unpaired) electrons. The fourth-order valence-electron chi connectivity index (χ4n) is 8.66. The summed E-state index contributed by atoms with van der Waals surface area (Å²) < 4.78 is 4.19. The molecule has 10 aromatic rings. The Morgan fingerprint density at radius 2 is 0.887 bits per heavy atom. The molecule has 0 amide bonds. The molecule has 0 saturated heterocycles. The number of nitrogens with zero attached hydrogens (tertiary/aromatic N) is 8. The van der Waals surface area contributed by atoms with Gasteiger partial charge in [-0.1, -0.05) is 91.0 Å². The van der Waals surface area contributed by atoms with Gasteiger partial charge in [-0.3, -0.25) is 0 Å². The summed E-state index contributed by atoms with van der Waals surface area (Å²) in [6.07, 6.45) is 0. The van der Waals surface area contributed by atoms with Crippen LogP contribution in [-0.4, -0.2) is 9.13 Å². The van der Waals surface area contributed by atoms with E-state index in [0.717, 1.165) is 65.9 Å². The van der Waals surface area contributed by atoms with Crippen LogP contribution in [0.25, 0.3) is 98.1 Å². The fourth-order valence-corrected chi connectivity index (χ4v) is 8.66. The number of rotatable bonds is 5. The third kappa shape index (κ3) is 5.71. The number of para-hydroxylation sites is 2. The quantitative estimate of drug-likeness (QED) is 0.162. The van der Waals surface area contributed by atoms with Crippen LogP contribution in [0.4, 0.5) is 11.4 Å². The SMILES string of the molecule is [C-]#[N+]c1ccc(-c2ccc3c4ccccc4n(-c4cc(-c5ccc(C#N)c(-n6c7ccccc7c7ccc(-c8ccc(C#N)cc8[N+]#[C-])cc76)c5)ccc4C#N)c3c2)c(C#N)c1. The first-order valence-electron chi connectivity index (χ1n) is 19.5. The van der Waals surface area contributed by atoms with Gasteiger partial charge in [0.1, 0.15) is 12.1 Å². The van der Waals surface area contributed by atoms with Crippen LogP contribution in [0.15, 0.2) is 158 Å². The predicted octanol–water partition coefficient (Wildman–Crippen LogP) is 13.5. The second kappa shape index (κ2) is 14.6. The van der Waals surface area contributed by atoms with Gasteiger partial charge in [-0.15, -0.1) is 0 Å². The van der Waals surface area contributed by atoms with Gasteiger partial charge in [-0.2, -0.15) is 21.0 Å². The van der Waals surface area contributed by atoms with Crippen LogP contribution in [0, 0.1) is 58.5 Å². The van der Waals surface area contributed by atoms with Crippen LogP contribution in [0.5, 0.6) is 0 Å². The molecular formula is C54H26N8. The number of nitriles is 4. The van der Waals surface area contributed by atoms with Crippen LogP contribution in [-0.2, 0) is 0 Å². The van der Waals surface area contributed by atoms with E-state index in [2.05, 4.69) is 55.2 Å². The number of hydrogen-bond acceptors (Lipinski definition) is 4. The molecule has 8 heteroatoms. The highest BCUT2D eigenvalue weighted by molar-refractivity contribution is 6.12. The molecule has 8 aromatic carbocycles. The predicted molar refractivity (Wildman–Crippen MR) is 243 cm³/mol. The minimum Gasteiger partial charge on any atom is -0.308 e. The standard InChI is InChI=1S/C54H26N8/c1-59-41-18-22-42(40(24-41)32-58)36-16-20-46-44-7-3-5-9-49(44)61(53(46)27-36)51-25-34(12-14-38(51)30-56)35-13-15-39(31-57)52(26-35)62-50-10-6-4-8-45(50)47-21-17-37(28-54(47)62)43-19-11-33(29-55)23-48(43)60-2/h3-28H. The molecule has 8 nitrogen and oxygen atoms in total. The molecule has 0 aliphatic rings. The molecular weight excluding hydrogens is 761 g/mol. The van der Waals surface area contributed by atoms with Crippen LogP contribution in [0.1, 0.15) is 22.3 Å².